The van der Waals surface area contributed by atoms with Crippen LogP contribution in [-0.2, 0) is 4.79 Å². The Bertz CT molecular complexity index is 640. The lowest BCUT2D eigenvalue weighted by molar-refractivity contribution is -0.120. The molecule has 0 saturated heterocycles. The molecule has 2 aromatic rings. The summed E-state index contributed by atoms with van der Waals surface area (Å²) in [5.41, 5.74) is 1.56. The molecule has 2 rings (SSSR count). The van der Waals surface area contributed by atoms with E-state index in [1.165, 1.54) is 6.20 Å². The maximum Gasteiger partial charge on any atom is 0.271 e. The van der Waals surface area contributed by atoms with Crippen LogP contribution in [0.4, 0.5) is 0 Å². The standard InChI is InChI=1S/C14H16N4O2/c1-9(2)17-13(19)8-16-14(20)12-7-15-10-5-3-4-6-11(10)18-12/h3-7,9H,8H2,1-2H3,(H,16,20)(H,17,19). The zero-order valence-electron chi connectivity index (χ0n) is 11.4. The van der Waals surface area contributed by atoms with Gasteiger partial charge in [0.15, 0.2) is 0 Å². The third-order valence-corrected chi connectivity index (χ3v) is 2.54. The van der Waals surface area contributed by atoms with Gasteiger partial charge in [0.05, 0.1) is 23.8 Å². The normalized spacial score (nSPS) is 10.6. The second kappa shape index (κ2) is 6.10. The Kier molecular flexibility index (Phi) is 4.24. The van der Waals surface area contributed by atoms with Crippen molar-refractivity contribution in [2.75, 3.05) is 6.54 Å². The molecular formula is C14H16N4O2. The average Bonchev–Trinajstić information content (AvgIpc) is 2.43. The highest BCUT2D eigenvalue weighted by atomic mass is 16.2. The largest absolute Gasteiger partial charge is 0.352 e. The average molecular weight is 272 g/mol. The summed E-state index contributed by atoms with van der Waals surface area (Å²) in [6.45, 7) is 3.63. The summed E-state index contributed by atoms with van der Waals surface area (Å²) in [7, 11) is 0. The van der Waals surface area contributed by atoms with E-state index in [4.69, 9.17) is 0 Å². The lowest BCUT2D eigenvalue weighted by atomic mass is 10.3. The molecule has 0 bridgehead atoms. The predicted molar refractivity (Wildman–Crippen MR) is 75.1 cm³/mol. The van der Waals surface area contributed by atoms with Crippen LogP contribution in [0.5, 0.6) is 0 Å². The lowest BCUT2D eigenvalue weighted by Crippen LogP contribution is -2.40. The molecule has 6 heteroatoms. The van der Waals surface area contributed by atoms with Crippen LogP contribution >= 0.6 is 0 Å². The quantitative estimate of drug-likeness (QED) is 0.865. The van der Waals surface area contributed by atoms with E-state index in [1.54, 1.807) is 6.07 Å². The van der Waals surface area contributed by atoms with Crippen molar-refractivity contribution in [1.29, 1.82) is 0 Å². The fraction of sp³-hybridized carbons (Fsp3) is 0.286. The first kappa shape index (κ1) is 13.9. The number of aromatic nitrogens is 2. The molecule has 0 fully saturated rings. The van der Waals surface area contributed by atoms with Gasteiger partial charge in [0.1, 0.15) is 5.69 Å². The van der Waals surface area contributed by atoms with Gasteiger partial charge in [-0.1, -0.05) is 12.1 Å². The highest BCUT2D eigenvalue weighted by molar-refractivity contribution is 5.95. The summed E-state index contributed by atoms with van der Waals surface area (Å²) in [6.07, 6.45) is 1.40. The molecule has 2 amide bonds. The molecule has 6 nitrogen and oxygen atoms in total. The van der Waals surface area contributed by atoms with E-state index < -0.39 is 5.91 Å². The number of nitrogens with one attached hydrogen (secondary N) is 2. The predicted octanol–water partition coefficient (Wildman–Crippen LogP) is 0.884. The minimum Gasteiger partial charge on any atom is -0.352 e. The second-order valence-electron chi connectivity index (χ2n) is 4.65. The van der Waals surface area contributed by atoms with Gasteiger partial charge >= 0.3 is 0 Å². The fourth-order valence-electron chi connectivity index (χ4n) is 1.69. The summed E-state index contributed by atoms with van der Waals surface area (Å²) < 4.78 is 0. The van der Waals surface area contributed by atoms with Crippen LogP contribution < -0.4 is 10.6 Å². The van der Waals surface area contributed by atoms with Crippen molar-refractivity contribution in [3.63, 3.8) is 0 Å². The summed E-state index contributed by atoms with van der Waals surface area (Å²) in [4.78, 5) is 31.7. The number of hydrogen-bond donors (Lipinski definition) is 2. The van der Waals surface area contributed by atoms with Gasteiger partial charge in [0.25, 0.3) is 5.91 Å². The second-order valence-corrected chi connectivity index (χ2v) is 4.65. The van der Waals surface area contributed by atoms with Crippen LogP contribution in [0.3, 0.4) is 0 Å². The molecule has 1 aromatic carbocycles. The van der Waals surface area contributed by atoms with Crippen LogP contribution in [0.15, 0.2) is 30.5 Å². The Morgan fingerprint density at radius 1 is 1.20 bits per heavy atom. The first-order valence-corrected chi connectivity index (χ1v) is 6.35. The number of nitrogens with zero attached hydrogens (tertiary/aromatic N) is 2. The molecule has 0 saturated carbocycles. The first-order valence-electron chi connectivity index (χ1n) is 6.35. The molecule has 0 aliphatic rings. The van der Waals surface area contributed by atoms with Crippen LogP contribution in [0.1, 0.15) is 24.3 Å². The number of para-hydroxylation sites is 2. The number of benzene rings is 1. The molecule has 0 unspecified atom stereocenters. The minimum atomic E-state index is -0.415. The Labute approximate surface area is 116 Å². The molecule has 0 spiro atoms. The Hall–Kier alpha value is -2.50. The van der Waals surface area contributed by atoms with Crippen LogP contribution in [0.2, 0.25) is 0 Å². The monoisotopic (exact) mass is 272 g/mol. The highest BCUT2D eigenvalue weighted by Gasteiger charge is 2.11. The topological polar surface area (TPSA) is 84.0 Å². The molecular weight excluding hydrogens is 256 g/mol. The third kappa shape index (κ3) is 3.50. The number of rotatable bonds is 4. The molecule has 2 N–H and O–H groups in total. The number of fused-ring (bicyclic) bond motifs is 1. The number of amides is 2. The number of hydrogen-bond acceptors (Lipinski definition) is 4. The minimum absolute atomic E-state index is 0.0415. The third-order valence-electron chi connectivity index (χ3n) is 2.54. The van der Waals surface area contributed by atoms with E-state index in [9.17, 15) is 9.59 Å². The van der Waals surface area contributed by atoms with E-state index in [1.807, 2.05) is 32.0 Å². The van der Waals surface area contributed by atoms with Crippen molar-refractivity contribution in [3.8, 4) is 0 Å². The van der Waals surface area contributed by atoms with Crippen molar-refractivity contribution < 1.29 is 9.59 Å². The van der Waals surface area contributed by atoms with Crippen molar-refractivity contribution in [2.24, 2.45) is 0 Å². The maximum absolute atomic E-state index is 11.9. The Balaban J connectivity index is 2.02. The van der Waals surface area contributed by atoms with E-state index in [2.05, 4.69) is 20.6 Å². The lowest BCUT2D eigenvalue weighted by Gasteiger charge is -2.09. The summed E-state index contributed by atoms with van der Waals surface area (Å²) in [6, 6.07) is 7.33. The highest BCUT2D eigenvalue weighted by Crippen LogP contribution is 2.08. The fourth-order valence-corrected chi connectivity index (χ4v) is 1.69. The van der Waals surface area contributed by atoms with Gasteiger partial charge < -0.3 is 10.6 Å². The maximum atomic E-state index is 11.9. The van der Waals surface area contributed by atoms with E-state index in [0.29, 0.717) is 5.52 Å². The number of carbonyl (C=O) groups is 2. The summed E-state index contributed by atoms with van der Waals surface area (Å²) in [5.74, 6) is -0.649. The van der Waals surface area contributed by atoms with E-state index >= 15 is 0 Å². The van der Waals surface area contributed by atoms with Crippen LogP contribution in [0, 0.1) is 0 Å². The van der Waals surface area contributed by atoms with Gasteiger partial charge in [0, 0.05) is 6.04 Å². The van der Waals surface area contributed by atoms with Crippen molar-refractivity contribution in [3.05, 3.63) is 36.2 Å². The molecule has 0 atom stereocenters. The van der Waals surface area contributed by atoms with Gasteiger partial charge in [-0.25, -0.2) is 4.98 Å². The molecule has 0 radical (unpaired) electrons. The van der Waals surface area contributed by atoms with Gasteiger partial charge in [-0.3, -0.25) is 14.6 Å². The first-order chi connectivity index (χ1) is 9.56. The van der Waals surface area contributed by atoms with Gasteiger partial charge in [-0.2, -0.15) is 0 Å². The van der Waals surface area contributed by atoms with Crippen molar-refractivity contribution in [2.45, 2.75) is 19.9 Å². The van der Waals surface area contributed by atoms with Crippen molar-refractivity contribution >= 4 is 22.8 Å². The van der Waals surface area contributed by atoms with E-state index in [-0.39, 0.29) is 24.2 Å². The van der Waals surface area contributed by atoms with Gasteiger partial charge in [0.2, 0.25) is 5.91 Å². The van der Waals surface area contributed by atoms with Gasteiger partial charge in [-0.15, -0.1) is 0 Å². The van der Waals surface area contributed by atoms with E-state index in [0.717, 1.165) is 5.52 Å². The Morgan fingerprint density at radius 2 is 1.90 bits per heavy atom. The molecule has 20 heavy (non-hydrogen) atoms. The SMILES string of the molecule is CC(C)NC(=O)CNC(=O)c1cnc2ccccc2n1. The summed E-state index contributed by atoms with van der Waals surface area (Å²) >= 11 is 0. The molecule has 1 heterocycles. The van der Waals surface area contributed by atoms with Crippen LogP contribution in [-0.4, -0.2) is 34.4 Å². The zero-order chi connectivity index (χ0) is 14.5. The molecule has 104 valence electrons. The number of carbonyl (C=O) groups excluding carboxylic acids is 2. The molecule has 1 aromatic heterocycles. The van der Waals surface area contributed by atoms with Crippen molar-refractivity contribution in [1.82, 2.24) is 20.6 Å². The summed E-state index contributed by atoms with van der Waals surface area (Å²) in [5, 5.41) is 5.20. The molecule has 0 aliphatic carbocycles. The zero-order valence-corrected chi connectivity index (χ0v) is 11.4. The van der Waals surface area contributed by atoms with Gasteiger partial charge in [-0.05, 0) is 26.0 Å². The Morgan fingerprint density at radius 3 is 2.60 bits per heavy atom. The van der Waals surface area contributed by atoms with Crippen LogP contribution in [0.25, 0.3) is 11.0 Å². The smallest absolute Gasteiger partial charge is 0.271 e. The molecule has 0 aliphatic heterocycles.